The lowest BCUT2D eigenvalue weighted by atomic mass is 10.0. The Labute approximate surface area is 207 Å². The molecule has 0 bridgehead atoms. The molecule has 2 aromatic carbocycles. The number of aromatic nitrogens is 2. The van der Waals surface area contributed by atoms with E-state index in [0.717, 1.165) is 5.56 Å². The van der Waals surface area contributed by atoms with Crippen LogP contribution >= 0.6 is 0 Å². The average molecular weight is 488 g/mol. The van der Waals surface area contributed by atoms with Crippen LogP contribution in [0.3, 0.4) is 0 Å². The minimum atomic E-state index is -0.966. The van der Waals surface area contributed by atoms with Crippen molar-refractivity contribution in [3.05, 3.63) is 83.3 Å². The molecule has 184 valence electrons. The molecule has 0 fully saturated rings. The summed E-state index contributed by atoms with van der Waals surface area (Å²) in [5.41, 5.74) is 4.08. The Kier molecular flexibility index (Phi) is 6.95. The number of carboxylic acid groups (broad SMARTS) is 1. The number of carboxylic acids is 1. The molecule has 0 saturated carbocycles. The third-order valence-corrected chi connectivity index (χ3v) is 5.66. The van der Waals surface area contributed by atoms with Gasteiger partial charge in [-0.1, -0.05) is 24.8 Å². The second-order valence-corrected chi connectivity index (χ2v) is 8.40. The van der Waals surface area contributed by atoms with Crippen LogP contribution in [0.25, 0.3) is 5.70 Å². The average Bonchev–Trinajstić information content (AvgIpc) is 2.83. The Morgan fingerprint density at radius 1 is 1.19 bits per heavy atom. The van der Waals surface area contributed by atoms with Gasteiger partial charge in [0.2, 0.25) is 5.91 Å². The molecule has 36 heavy (non-hydrogen) atoms. The van der Waals surface area contributed by atoms with Crippen LogP contribution in [0, 0.1) is 6.92 Å². The van der Waals surface area contributed by atoms with Crippen molar-refractivity contribution in [1.29, 1.82) is 0 Å². The molecule has 2 heterocycles. The molecule has 4 N–H and O–H groups in total. The molecule has 0 saturated heterocycles. The summed E-state index contributed by atoms with van der Waals surface area (Å²) in [6.45, 7) is 7.69. The van der Waals surface area contributed by atoms with Crippen LogP contribution in [-0.2, 0) is 16.0 Å². The summed E-state index contributed by atoms with van der Waals surface area (Å²) >= 11 is 0. The molecule has 10 heteroatoms. The first kappa shape index (κ1) is 24.4. The van der Waals surface area contributed by atoms with Gasteiger partial charge in [0.15, 0.2) is 6.61 Å². The van der Waals surface area contributed by atoms with Crippen molar-refractivity contribution in [2.24, 2.45) is 0 Å². The Hall–Kier alpha value is -4.73. The maximum absolute atomic E-state index is 12.6. The summed E-state index contributed by atoms with van der Waals surface area (Å²) in [6, 6.07) is 11.8. The van der Waals surface area contributed by atoms with E-state index < -0.39 is 5.97 Å². The Morgan fingerprint density at radius 3 is 2.75 bits per heavy atom. The summed E-state index contributed by atoms with van der Waals surface area (Å²) < 4.78 is 5.34. The largest absolute Gasteiger partial charge is 0.482 e. The molecule has 2 amide bonds. The summed E-state index contributed by atoms with van der Waals surface area (Å²) in [6.07, 6.45) is 1.41. The molecule has 0 aliphatic carbocycles. The van der Waals surface area contributed by atoms with Gasteiger partial charge in [-0.25, -0.2) is 14.8 Å². The van der Waals surface area contributed by atoms with Gasteiger partial charge in [0, 0.05) is 12.1 Å². The van der Waals surface area contributed by atoms with Crippen molar-refractivity contribution in [3.63, 3.8) is 0 Å². The molecule has 1 aliphatic rings. The van der Waals surface area contributed by atoms with E-state index >= 15 is 0 Å². The fraction of sp³-hybridized carbons (Fsp3) is 0.192. The first-order valence-electron chi connectivity index (χ1n) is 11.2. The molecular formula is C26H25N5O5. The normalized spacial score (nSPS) is 13.0. The van der Waals surface area contributed by atoms with Gasteiger partial charge < -0.3 is 25.8 Å². The van der Waals surface area contributed by atoms with Crippen LogP contribution in [0.2, 0.25) is 0 Å². The Bertz CT molecular complexity index is 1370. The molecule has 4 rings (SSSR count). The molecular weight excluding hydrogens is 462 g/mol. The first-order chi connectivity index (χ1) is 17.2. The quantitative estimate of drug-likeness (QED) is 0.379. The molecule has 1 aliphatic heterocycles. The zero-order valence-electron chi connectivity index (χ0n) is 19.8. The van der Waals surface area contributed by atoms with E-state index in [1.165, 1.54) is 6.33 Å². The number of nitrogens with zero attached hydrogens (tertiary/aromatic N) is 2. The van der Waals surface area contributed by atoms with Crippen molar-refractivity contribution < 1.29 is 24.2 Å². The van der Waals surface area contributed by atoms with Gasteiger partial charge in [-0.3, -0.25) is 9.59 Å². The van der Waals surface area contributed by atoms with Crippen LogP contribution in [0.15, 0.2) is 55.4 Å². The van der Waals surface area contributed by atoms with Gasteiger partial charge in [0.25, 0.3) is 5.91 Å². The highest BCUT2D eigenvalue weighted by Gasteiger charge is 2.17. The van der Waals surface area contributed by atoms with Crippen LogP contribution in [0.5, 0.6) is 5.75 Å². The van der Waals surface area contributed by atoms with Crippen molar-refractivity contribution in [2.75, 3.05) is 17.2 Å². The monoisotopic (exact) mass is 487 g/mol. The summed E-state index contributed by atoms with van der Waals surface area (Å²) in [5.74, 6) is -0.617. The lowest BCUT2D eigenvalue weighted by Gasteiger charge is -2.19. The molecule has 3 aromatic rings. The van der Waals surface area contributed by atoms with Crippen LogP contribution < -0.4 is 20.7 Å². The van der Waals surface area contributed by atoms with Crippen molar-refractivity contribution >= 4 is 35.0 Å². The van der Waals surface area contributed by atoms with Gasteiger partial charge in [-0.05, 0) is 48.7 Å². The number of rotatable bonds is 8. The van der Waals surface area contributed by atoms with Crippen LogP contribution in [-0.4, -0.2) is 39.5 Å². The Morgan fingerprint density at radius 2 is 2.00 bits per heavy atom. The van der Waals surface area contributed by atoms with Crippen LogP contribution in [0.4, 0.5) is 11.5 Å². The first-order valence-corrected chi connectivity index (χ1v) is 11.2. The number of hydrogen-bond acceptors (Lipinski definition) is 7. The van der Waals surface area contributed by atoms with Crippen LogP contribution in [0.1, 0.15) is 45.7 Å². The van der Waals surface area contributed by atoms with Gasteiger partial charge in [0.1, 0.15) is 17.9 Å². The van der Waals surface area contributed by atoms with Crippen molar-refractivity contribution in [2.45, 2.75) is 26.3 Å². The van der Waals surface area contributed by atoms with E-state index in [1.54, 1.807) is 43.3 Å². The molecule has 10 nitrogen and oxygen atoms in total. The Balaban J connectivity index is 1.38. The van der Waals surface area contributed by atoms with Crippen molar-refractivity contribution in [3.8, 4) is 5.75 Å². The summed E-state index contributed by atoms with van der Waals surface area (Å²) in [4.78, 5) is 43.7. The van der Waals surface area contributed by atoms with E-state index in [-0.39, 0.29) is 36.4 Å². The standard InChI is InChI=1S/C26H25N5O5/c1-14-8-18(5-6-19(14)26(34)35)15(2)29-16(3)20-11-23(28-13-27-20)31-24(32)10-17-4-7-22-21(9-17)30-25(33)12-36-22/h4-9,11,13,15,29H,3,10,12H2,1-2H3,(H,30,33)(H,34,35)(H,27,28,31,32)/t15-/m0/s1. The number of nitrogens with one attached hydrogen (secondary N) is 3. The predicted octanol–water partition coefficient (Wildman–Crippen LogP) is 3.32. The predicted molar refractivity (Wildman–Crippen MR) is 134 cm³/mol. The maximum Gasteiger partial charge on any atom is 0.335 e. The molecule has 1 aromatic heterocycles. The SMILES string of the molecule is C=C(N[C@@H](C)c1ccc(C(=O)O)c(C)c1)c1cc(NC(=O)Cc2ccc3c(c2)NC(=O)CO3)ncn1. The lowest BCUT2D eigenvalue weighted by molar-refractivity contribution is -0.118. The minimum absolute atomic E-state index is 0.0293. The minimum Gasteiger partial charge on any atom is -0.482 e. The third kappa shape index (κ3) is 5.66. The smallest absolute Gasteiger partial charge is 0.335 e. The van der Waals surface area contributed by atoms with E-state index in [4.69, 9.17) is 4.74 Å². The van der Waals surface area contributed by atoms with E-state index in [0.29, 0.717) is 39.8 Å². The number of hydrogen-bond donors (Lipinski definition) is 4. The number of aromatic carboxylic acids is 1. The highest BCUT2D eigenvalue weighted by atomic mass is 16.5. The van der Waals surface area contributed by atoms with Gasteiger partial charge in [-0.15, -0.1) is 0 Å². The summed E-state index contributed by atoms with van der Waals surface area (Å²) in [5, 5.41) is 17.9. The topological polar surface area (TPSA) is 143 Å². The number of benzene rings is 2. The molecule has 0 spiro atoms. The van der Waals surface area contributed by atoms with E-state index in [9.17, 15) is 19.5 Å². The number of carbonyl (C=O) groups excluding carboxylic acids is 2. The van der Waals surface area contributed by atoms with Gasteiger partial charge in [-0.2, -0.15) is 0 Å². The second-order valence-electron chi connectivity index (χ2n) is 8.40. The summed E-state index contributed by atoms with van der Waals surface area (Å²) in [7, 11) is 0. The van der Waals surface area contributed by atoms with Crippen molar-refractivity contribution in [1.82, 2.24) is 15.3 Å². The highest BCUT2D eigenvalue weighted by Crippen LogP contribution is 2.28. The zero-order valence-corrected chi connectivity index (χ0v) is 19.8. The van der Waals surface area contributed by atoms with Gasteiger partial charge in [0.05, 0.1) is 29.1 Å². The molecule has 0 radical (unpaired) electrons. The van der Waals surface area contributed by atoms with E-state index in [2.05, 4.69) is 32.5 Å². The van der Waals surface area contributed by atoms with Gasteiger partial charge >= 0.3 is 5.97 Å². The zero-order chi connectivity index (χ0) is 25.8. The number of ether oxygens (including phenoxy) is 1. The lowest BCUT2D eigenvalue weighted by Crippen LogP contribution is -2.25. The fourth-order valence-corrected chi connectivity index (χ4v) is 3.82. The highest BCUT2D eigenvalue weighted by molar-refractivity contribution is 5.96. The van der Waals surface area contributed by atoms with E-state index in [1.807, 2.05) is 13.0 Å². The molecule has 0 unspecified atom stereocenters. The third-order valence-electron chi connectivity index (χ3n) is 5.66. The number of amides is 2. The number of fused-ring (bicyclic) bond motifs is 1. The molecule has 1 atom stereocenters. The fourth-order valence-electron chi connectivity index (χ4n) is 3.82. The number of carbonyl (C=O) groups is 3. The second kappa shape index (κ2) is 10.3. The number of aryl methyl sites for hydroxylation is 1. The maximum atomic E-state index is 12.6. The number of anilines is 2.